The van der Waals surface area contributed by atoms with Crippen molar-refractivity contribution in [2.24, 2.45) is 7.05 Å². The van der Waals surface area contributed by atoms with Crippen molar-refractivity contribution in [2.75, 3.05) is 18.4 Å². The number of thiazole rings is 1. The van der Waals surface area contributed by atoms with Crippen LogP contribution in [0, 0.1) is 13.8 Å². The van der Waals surface area contributed by atoms with E-state index in [0.29, 0.717) is 18.2 Å². The Morgan fingerprint density at radius 1 is 1.17 bits per heavy atom. The second kappa shape index (κ2) is 8.71. The molecule has 0 bridgehead atoms. The maximum Gasteiger partial charge on any atom is 0.274 e. The van der Waals surface area contributed by atoms with Gasteiger partial charge in [0.2, 0.25) is 10.0 Å². The Morgan fingerprint density at radius 3 is 2.50 bits per heavy atom. The molecule has 0 aliphatic heterocycles. The van der Waals surface area contributed by atoms with Gasteiger partial charge in [0.25, 0.3) is 5.91 Å². The molecule has 0 fully saturated rings. The van der Waals surface area contributed by atoms with E-state index in [-0.39, 0.29) is 10.6 Å². The lowest BCUT2D eigenvalue weighted by Gasteiger charge is -2.17. The van der Waals surface area contributed by atoms with Gasteiger partial charge in [0.1, 0.15) is 10.6 Å². The quantitative estimate of drug-likeness (QED) is 0.593. The van der Waals surface area contributed by atoms with Gasteiger partial charge in [0, 0.05) is 37.3 Å². The summed E-state index contributed by atoms with van der Waals surface area (Å²) in [6, 6.07) is 7.52. The van der Waals surface area contributed by atoms with Crippen LogP contribution in [0.15, 0.2) is 40.7 Å². The number of nitrogens with one attached hydrogen (secondary N) is 1. The van der Waals surface area contributed by atoms with Crippen LogP contribution >= 0.6 is 11.3 Å². The largest absolute Gasteiger partial charge is 0.345 e. The molecule has 30 heavy (non-hydrogen) atoms. The first-order valence-corrected chi connectivity index (χ1v) is 12.0. The van der Waals surface area contributed by atoms with E-state index in [1.54, 1.807) is 20.9 Å². The minimum atomic E-state index is -3.63. The molecule has 0 saturated heterocycles. The molecule has 0 aliphatic rings. The SMILES string of the molecule is CCN(CC)S(=O)(=O)c1cc(C(=O)Nc2nc(-c3ccc(C)c(C)c3)cs2)n(C)c1. The Kier molecular flexibility index (Phi) is 6.44. The molecule has 0 unspecified atom stereocenters. The maximum absolute atomic E-state index is 12.8. The van der Waals surface area contributed by atoms with Gasteiger partial charge in [-0.3, -0.25) is 10.1 Å². The third-order valence-corrected chi connectivity index (χ3v) is 7.86. The molecule has 0 radical (unpaired) electrons. The lowest BCUT2D eigenvalue weighted by molar-refractivity contribution is 0.101. The number of aryl methyl sites for hydroxylation is 3. The van der Waals surface area contributed by atoms with E-state index in [9.17, 15) is 13.2 Å². The number of benzene rings is 1. The number of carbonyl (C=O) groups excluding carboxylic acids is 1. The number of anilines is 1. The highest BCUT2D eigenvalue weighted by molar-refractivity contribution is 7.89. The van der Waals surface area contributed by atoms with Gasteiger partial charge in [-0.15, -0.1) is 11.3 Å². The lowest BCUT2D eigenvalue weighted by Crippen LogP contribution is -2.30. The van der Waals surface area contributed by atoms with Crippen LogP contribution in [0.1, 0.15) is 35.5 Å². The van der Waals surface area contributed by atoms with Crippen molar-refractivity contribution in [1.29, 1.82) is 0 Å². The van der Waals surface area contributed by atoms with E-state index < -0.39 is 15.9 Å². The molecule has 160 valence electrons. The maximum atomic E-state index is 12.8. The first-order valence-electron chi connectivity index (χ1n) is 9.68. The monoisotopic (exact) mass is 446 g/mol. The second-order valence-corrected chi connectivity index (χ2v) is 9.85. The third kappa shape index (κ3) is 4.33. The summed E-state index contributed by atoms with van der Waals surface area (Å²) in [5.74, 6) is -0.403. The molecule has 2 aromatic heterocycles. The van der Waals surface area contributed by atoms with Gasteiger partial charge in [0.15, 0.2) is 5.13 Å². The molecule has 7 nitrogen and oxygen atoms in total. The number of hydrogen-bond acceptors (Lipinski definition) is 5. The number of nitrogens with zero attached hydrogens (tertiary/aromatic N) is 3. The number of carbonyl (C=O) groups is 1. The summed E-state index contributed by atoms with van der Waals surface area (Å²) in [6.45, 7) is 8.42. The zero-order valence-electron chi connectivity index (χ0n) is 17.8. The van der Waals surface area contributed by atoms with Crippen molar-refractivity contribution in [1.82, 2.24) is 13.9 Å². The van der Waals surface area contributed by atoms with Crippen molar-refractivity contribution in [3.05, 3.63) is 52.7 Å². The normalized spacial score (nSPS) is 11.8. The number of hydrogen-bond donors (Lipinski definition) is 1. The van der Waals surface area contributed by atoms with Crippen LogP contribution < -0.4 is 5.32 Å². The van der Waals surface area contributed by atoms with E-state index in [4.69, 9.17) is 0 Å². The van der Waals surface area contributed by atoms with Crippen LogP contribution in [0.3, 0.4) is 0 Å². The van der Waals surface area contributed by atoms with E-state index in [1.165, 1.54) is 43.6 Å². The summed E-state index contributed by atoms with van der Waals surface area (Å²) >= 11 is 1.33. The second-order valence-electron chi connectivity index (χ2n) is 7.05. The Hall–Kier alpha value is -2.49. The molecular formula is C21H26N4O3S2. The summed E-state index contributed by atoms with van der Waals surface area (Å²) in [7, 11) is -1.98. The smallest absolute Gasteiger partial charge is 0.274 e. The van der Waals surface area contributed by atoms with Crippen molar-refractivity contribution in [2.45, 2.75) is 32.6 Å². The van der Waals surface area contributed by atoms with Crippen LogP contribution in [0.4, 0.5) is 5.13 Å². The summed E-state index contributed by atoms with van der Waals surface area (Å²) in [6.07, 6.45) is 1.46. The predicted molar refractivity (Wildman–Crippen MR) is 120 cm³/mol. The van der Waals surface area contributed by atoms with Gasteiger partial charge in [-0.25, -0.2) is 13.4 Å². The molecule has 0 spiro atoms. The molecule has 0 atom stereocenters. The summed E-state index contributed by atoms with van der Waals surface area (Å²) in [5.41, 5.74) is 4.42. The fraction of sp³-hybridized carbons (Fsp3) is 0.333. The summed E-state index contributed by atoms with van der Waals surface area (Å²) < 4.78 is 28.3. The fourth-order valence-electron chi connectivity index (χ4n) is 3.14. The summed E-state index contributed by atoms with van der Waals surface area (Å²) in [4.78, 5) is 17.4. The number of rotatable bonds is 7. The van der Waals surface area contributed by atoms with E-state index >= 15 is 0 Å². The molecule has 1 N–H and O–H groups in total. The molecule has 3 aromatic rings. The van der Waals surface area contributed by atoms with E-state index in [1.807, 2.05) is 24.4 Å². The van der Waals surface area contributed by atoms with Crippen LogP contribution in [-0.4, -0.2) is 41.3 Å². The van der Waals surface area contributed by atoms with Crippen LogP contribution in [0.2, 0.25) is 0 Å². The van der Waals surface area contributed by atoms with Crippen LogP contribution in [0.25, 0.3) is 11.3 Å². The predicted octanol–water partition coefficient (Wildman–Crippen LogP) is 4.05. The zero-order chi connectivity index (χ0) is 22.1. The van der Waals surface area contributed by atoms with Crippen molar-refractivity contribution >= 4 is 32.4 Å². The Bertz CT molecular complexity index is 1170. The standard InChI is InChI=1S/C21H26N4O3S2/c1-6-25(7-2)30(27,28)17-11-19(24(5)12-17)20(26)23-21-22-18(13-29-21)16-9-8-14(3)15(4)10-16/h8-13H,6-7H2,1-5H3,(H,22,23,26). The highest BCUT2D eigenvalue weighted by atomic mass is 32.2. The average molecular weight is 447 g/mol. The first kappa shape index (κ1) is 22.2. The zero-order valence-corrected chi connectivity index (χ0v) is 19.4. The molecular weight excluding hydrogens is 420 g/mol. The molecule has 0 saturated carbocycles. The highest BCUT2D eigenvalue weighted by Gasteiger charge is 2.25. The lowest BCUT2D eigenvalue weighted by atomic mass is 10.1. The molecule has 9 heteroatoms. The topological polar surface area (TPSA) is 84.3 Å². The Balaban J connectivity index is 1.81. The van der Waals surface area contributed by atoms with Gasteiger partial charge >= 0.3 is 0 Å². The van der Waals surface area contributed by atoms with Crippen molar-refractivity contribution < 1.29 is 13.2 Å². The molecule has 3 rings (SSSR count). The van der Waals surface area contributed by atoms with E-state index in [0.717, 1.165) is 11.3 Å². The average Bonchev–Trinajstić information content (AvgIpc) is 3.32. The van der Waals surface area contributed by atoms with Crippen molar-refractivity contribution in [3.63, 3.8) is 0 Å². The molecule has 2 heterocycles. The number of sulfonamides is 1. The molecule has 1 aromatic carbocycles. The van der Waals surface area contributed by atoms with Crippen LogP contribution in [0.5, 0.6) is 0 Å². The minimum Gasteiger partial charge on any atom is -0.345 e. The number of amides is 1. The molecule has 0 aliphatic carbocycles. The Labute approximate surface area is 181 Å². The van der Waals surface area contributed by atoms with Gasteiger partial charge in [-0.05, 0) is 37.1 Å². The van der Waals surface area contributed by atoms with Crippen molar-refractivity contribution in [3.8, 4) is 11.3 Å². The van der Waals surface area contributed by atoms with Gasteiger partial charge < -0.3 is 4.57 Å². The molecule has 1 amide bonds. The van der Waals surface area contributed by atoms with E-state index in [2.05, 4.69) is 23.3 Å². The first-order chi connectivity index (χ1) is 14.2. The third-order valence-electron chi connectivity index (χ3n) is 5.08. The fourth-order valence-corrected chi connectivity index (χ4v) is 5.38. The minimum absolute atomic E-state index is 0.105. The summed E-state index contributed by atoms with van der Waals surface area (Å²) in [5, 5.41) is 5.13. The van der Waals surface area contributed by atoms with Crippen LogP contribution in [-0.2, 0) is 17.1 Å². The van der Waals surface area contributed by atoms with Gasteiger partial charge in [-0.1, -0.05) is 26.0 Å². The Morgan fingerprint density at radius 2 is 1.87 bits per heavy atom. The number of aromatic nitrogens is 2. The highest BCUT2D eigenvalue weighted by Crippen LogP contribution is 2.27. The van der Waals surface area contributed by atoms with Gasteiger partial charge in [0.05, 0.1) is 5.69 Å². The van der Waals surface area contributed by atoms with Gasteiger partial charge in [-0.2, -0.15) is 4.31 Å².